The maximum Gasteiger partial charge on any atom is 0.296 e. The number of hydrogen-bond donors (Lipinski definition) is 1. The molecule has 1 amide bonds. The lowest BCUT2D eigenvalue weighted by Gasteiger charge is -2.24. The molecule has 1 aliphatic rings. The van der Waals surface area contributed by atoms with Crippen LogP contribution in [0.3, 0.4) is 0 Å². The van der Waals surface area contributed by atoms with Gasteiger partial charge >= 0.3 is 0 Å². The molecule has 1 unspecified atom stereocenters. The first kappa shape index (κ1) is 23.1. The van der Waals surface area contributed by atoms with Crippen LogP contribution >= 0.6 is 0 Å². The molecule has 1 fully saturated rings. The molecule has 0 bridgehead atoms. The van der Waals surface area contributed by atoms with Crippen LogP contribution in [0.15, 0.2) is 101 Å². The number of rotatable bonds is 7. The predicted octanol–water partition coefficient (Wildman–Crippen LogP) is 5.18. The van der Waals surface area contributed by atoms with Crippen molar-refractivity contribution in [1.82, 2.24) is 9.88 Å². The van der Waals surface area contributed by atoms with Gasteiger partial charge in [0.1, 0.15) is 23.9 Å². The van der Waals surface area contributed by atoms with Crippen LogP contribution in [0.25, 0.3) is 5.76 Å². The largest absolute Gasteiger partial charge is 0.507 e. The van der Waals surface area contributed by atoms with Gasteiger partial charge in [-0.3, -0.25) is 14.6 Å². The second-order valence-electron chi connectivity index (χ2n) is 8.59. The van der Waals surface area contributed by atoms with Gasteiger partial charge in [0.2, 0.25) is 0 Å². The summed E-state index contributed by atoms with van der Waals surface area (Å²) < 4.78 is 11.3. The lowest BCUT2D eigenvalue weighted by molar-refractivity contribution is -0.140. The predicted molar refractivity (Wildman–Crippen MR) is 133 cm³/mol. The van der Waals surface area contributed by atoms with Crippen molar-refractivity contribution in [3.05, 3.63) is 125 Å². The summed E-state index contributed by atoms with van der Waals surface area (Å²) in [6, 6.07) is 21.0. The lowest BCUT2D eigenvalue weighted by atomic mass is 9.96. The number of benzene rings is 2. The van der Waals surface area contributed by atoms with E-state index in [1.165, 1.54) is 11.2 Å². The minimum atomic E-state index is -0.805. The molecule has 180 valence electrons. The van der Waals surface area contributed by atoms with Crippen LogP contribution in [0.2, 0.25) is 0 Å². The summed E-state index contributed by atoms with van der Waals surface area (Å²) in [6.45, 7) is 2.52. The van der Waals surface area contributed by atoms with E-state index in [2.05, 4.69) is 11.1 Å². The third-order valence-electron chi connectivity index (χ3n) is 6.06. The Morgan fingerprint density at radius 1 is 1.06 bits per heavy atom. The van der Waals surface area contributed by atoms with Crippen molar-refractivity contribution in [3.8, 4) is 5.75 Å². The smallest absolute Gasteiger partial charge is 0.296 e. The van der Waals surface area contributed by atoms with Gasteiger partial charge in [-0.25, -0.2) is 0 Å². The molecule has 0 radical (unpaired) electrons. The first-order valence-corrected chi connectivity index (χ1v) is 11.5. The fourth-order valence-corrected chi connectivity index (χ4v) is 4.33. The minimum absolute atomic E-state index is 0.00739. The highest BCUT2D eigenvalue weighted by atomic mass is 16.5. The summed E-state index contributed by atoms with van der Waals surface area (Å²) in [6.07, 6.45) is 4.70. The Bertz CT molecular complexity index is 1410. The van der Waals surface area contributed by atoms with Crippen LogP contribution in [0.5, 0.6) is 5.75 Å². The molecule has 0 spiro atoms. The van der Waals surface area contributed by atoms with Crippen molar-refractivity contribution in [2.24, 2.45) is 0 Å². The monoisotopic (exact) mass is 480 g/mol. The Labute approximate surface area is 208 Å². The van der Waals surface area contributed by atoms with Gasteiger partial charge in [-0.1, -0.05) is 35.9 Å². The quantitative estimate of drug-likeness (QED) is 0.222. The number of amides is 1. The Hall–Kier alpha value is -4.65. The van der Waals surface area contributed by atoms with E-state index in [1.807, 2.05) is 25.1 Å². The van der Waals surface area contributed by atoms with Crippen LogP contribution < -0.4 is 4.74 Å². The van der Waals surface area contributed by atoms with Crippen molar-refractivity contribution in [1.29, 1.82) is 0 Å². The normalized spacial score (nSPS) is 16.9. The second kappa shape index (κ2) is 9.92. The molecule has 5 rings (SSSR count). The van der Waals surface area contributed by atoms with E-state index in [0.717, 1.165) is 11.1 Å². The van der Waals surface area contributed by atoms with E-state index in [-0.39, 0.29) is 17.9 Å². The Morgan fingerprint density at radius 3 is 2.58 bits per heavy atom. The highest BCUT2D eigenvalue weighted by molar-refractivity contribution is 6.46. The number of pyridine rings is 1. The molecule has 7 heteroatoms. The fourth-order valence-electron chi connectivity index (χ4n) is 4.33. The highest BCUT2D eigenvalue weighted by Gasteiger charge is 2.46. The Balaban J connectivity index is 1.45. The van der Waals surface area contributed by atoms with E-state index >= 15 is 0 Å². The van der Waals surface area contributed by atoms with E-state index in [0.29, 0.717) is 29.2 Å². The fraction of sp³-hybridized carbons (Fsp3) is 0.138. The molecule has 3 heterocycles. The molecule has 1 aliphatic heterocycles. The van der Waals surface area contributed by atoms with E-state index < -0.39 is 17.7 Å². The van der Waals surface area contributed by atoms with Crippen molar-refractivity contribution >= 4 is 17.4 Å². The summed E-state index contributed by atoms with van der Waals surface area (Å²) in [5, 5.41) is 11.2. The molecule has 1 atom stereocenters. The summed E-state index contributed by atoms with van der Waals surface area (Å²) in [5.41, 5.74) is 3.23. The zero-order valence-electron chi connectivity index (χ0n) is 19.6. The number of furan rings is 1. The number of ether oxygens (including phenoxy) is 1. The van der Waals surface area contributed by atoms with Crippen LogP contribution in [-0.4, -0.2) is 26.7 Å². The minimum Gasteiger partial charge on any atom is -0.507 e. The third kappa shape index (κ3) is 4.63. The molecule has 7 nitrogen and oxygen atoms in total. The number of carbonyl (C=O) groups is 2. The summed E-state index contributed by atoms with van der Waals surface area (Å²) in [7, 11) is 0. The van der Waals surface area contributed by atoms with E-state index in [9.17, 15) is 14.7 Å². The van der Waals surface area contributed by atoms with Crippen molar-refractivity contribution < 1.29 is 23.8 Å². The number of ketones is 1. The number of aliphatic hydroxyl groups excluding tert-OH is 1. The molecule has 4 aromatic rings. The summed E-state index contributed by atoms with van der Waals surface area (Å²) in [4.78, 5) is 31.7. The van der Waals surface area contributed by atoms with Crippen molar-refractivity contribution in [2.75, 3.05) is 0 Å². The molecule has 2 aromatic carbocycles. The van der Waals surface area contributed by atoms with E-state index in [4.69, 9.17) is 9.15 Å². The average molecular weight is 481 g/mol. The number of nitrogens with zero attached hydrogens (tertiary/aromatic N) is 2. The van der Waals surface area contributed by atoms with Gasteiger partial charge in [0.05, 0.1) is 24.4 Å². The second-order valence-corrected chi connectivity index (χ2v) is 8.59. The maximum absolute atomic E-state index is 13.1. The number of Topliss-reactive ketones (excluding diaryl/α,β-unsaturated/α-hetero) is 1. The van der Waals surface area contributed by atoms with Gasteiger partial charge in [-0.15, -0.1) is 0 Å². The number of aromatic nitrogens is 1. The summed E-state index contributed by atoms with van der Waals surface area (Å²) in [5.74, 6) is -0.571. The molecule has 0 aliphatic carbocycles. The Kier molecular flexibility index (Phi) is 6.36. The van der Waals surface area contributed by atoms with Gasteiger partial charge in [0.15, 0.2) is 0 Å². The lowest BCUT2D eigenvalue weighted by Crippen LogP contribution is -2.29. The maximum atomic E-state index is 13.1. The first-order valence-electron chi connectivity index (χ1n) is 11.5. The molecule has 0 saturated carbocycles. The number of carbonyl (C=O) groups excluding carboxylic acids is 2. The van der Waals surface area contributed by atoms with Gasteiger partial charge in [-0.2, -0.15) is 0 Å². The average Bonchev–Trinajstić information content (AvgIpc) is 3.50. The molecular weight excluding hydrogens is 456 g/mol. The SMILES string of the molecule is Cc1cccc(COc2ccc(/C(O)=C3\C(=O)C(=O)N(Cc4ccco4)C3c3cccnc3)cc2)c1. The molecule has 36 heavy (non-hydrogen) atoms. The first-order chi connectivity index (χ1) is 17.5. The van der Waals surface area contributed by atoms with Gasteiger partial charge in [-0.05, 0) is 60.5 Å². The van der Waals surface area contributed by atoms with Gasteiger partial charge in [0, 0.05) is 18.0 Å². The van der Waals surface area contributed by atoms with Gasteiger partial charge < -0.3 is 19.2 Å². The van der Waals surface area contributed by atoms with Crippen molar-refractivity contribution in [2.45, 2.75) is 26.1 Å². The molecular formula is C29H24N2O5. The third-order valence-corrected chi connectivity index (χ3v) is 6.06. The number of aliphatic hydroxyl groups is 1. The zero-order valence-corrected chi connectivity index (χ0v) is 19.6. The number of likely N-dealkylation sites (tertiary alicyclic amines) is 1. The number of hydrogen-bond acceptors (Lipinski definition) is 6. The summed E-state index contributed by atoms with van der Waals surface area (Å²) >= 11 is 0. The van der Waals surface area contributed by atoms with Crippen LogP contribution in [-0.2, 0) is 22.7 Å². The highest BCUT2D eigenvalue weighted by Crippen LogP contribution is 2.40. The van der Waals surface area contributed by atoms with Crippen molar-refractivity contribution in [3.63, 3.8) is 0 Å². The van der Waals surface area contributed by atoms with Crippen LogP contribution in [0.1, 0.15) is 34.1 Å². The number of aryl methyl sites for hydroxylation is 1. The Morgan fingerprint density at radius 2 is 1.89 bits per heavy atom. The molecule has 2 aromatic heterocycles. The van der Waals surface area contributed by atoms with E-state index in [1.54, 1.807) is 60.9 Å². The van der Waals surface area contributed by atoms with Crippen LogP contribution in [0, 0.1) is 6.92 Å². The zero-order chi connectivity index (χ0) is 25.1. The van der Waals surface area contributed by atoms with Crippen LogP contribution in [0.4, 0.5) is 0 Å². The standard InChI is InChI=1S/C29H24N2O5/c1-19-5-2-6-20(15-19)18-36-23-11-9-21(10-12-23)27(32)25-26(22-7-3-13-30-16-22)31(29(34)28(25)33)17-24-8-4-14-35-24/h2-16,26,32H,17-18H2,1H3/b27-25+. The molecule has 1 saturated heterocycles. The van der Waals surface area contributed by atoms with Gasteiger partial charge in [0.25, 0.3) is 11.7 Å². The topological polar surface area (TPSA) is 92.9 Å². The molecule has 1 N–H and O–H groups in total.